The Morgan fingerprint density at radius 3 is 2.52 bits per heavy atom. The van der Waals surface area contributed by atoms with Crippen LogP contribution < -0.4 is 14.2 Å². The standard InChI is InChI=1S/C17H17FN4O4S/c1-25-14-7-8-15(26-2)16(9-14)27(23,24)21-17-19-11-22(20-17)10-12-3-5-13(18)6-4-12/h3-9,11H,10H2,1-2H3,(H,20,21). The minimum absolute atomic E-state index is 0.0954. The Hall–Kier alpha value is -3.14. The number of ether oxygens (including phenoxy) is 2. The van der Waals surface area contributed by atoms with Crippen LogP contribution >= 0.6 is 0 Å². The number of methoxy groups -OCH3 is 2. The summed E-state index contributed by atoms with van der Waals surface area (Å²) in [5, 5.41) is 4.09. The van der Waals surface area contributed by atoms with E-state index in [1.165, 1.54) is 49.5 Å². The second-order valence-electron chi connectivity index (χ2n) is 5.51. The van der Waals surface area contributed by atoms with Crippen LogP contribution in [0.2, 0.25) is 0 Å². The first-order chi connectivity index (χ1) is 12.9. The zero-order chi connectivity index (χ0) is 19.4. The summed E-state index contributed by atoms with van der Waals surface area (Å²) in [6.07, 6.45) is 1.38. The summed E-state index contributed by atoms with van der Waals surface area (Å²) in [4.78, 5) is 3.86. The van der Waals surface area contributed by atoms with Gasteiger partial charge in [0.25, 0.3) is 16.0 Å². The lowest BCUT2D eigenvalue weighted by atomic mass is 10.2. The molecule has 1 heterocycles. The van der Waals surface area contributed by atoms with E-state index in [0.717, 1.165) is 5.56 Å². The maximum absolute atomic E-state index is 13.0. The lowest BCUT2D eigenvalue weighted by molar-refractivity contribution is 0.392. The van der Waals surface area contributed by atoms with Gasteiger partial charge in [0.1, 0.15) is 28.5 Å². The van der Waals surface area contributed by atoms with E-state index >= 15 is 0 Å². The fourth-order valence-electron chi connectivity index (χ4n) is 2.36. The average Bonchev–Trinajstić information content (AvgIpc) is 3.09. The highest BCUT2D eigenvalue weighted by atomic mass is 32.2. The van der Waals surface area contributed by atoms with E-state index in [-0.39, 0.29) is 22.4 Å². The molecule has 8 nitrogen and oxygen atoms in total. The van der Waals surface area contributed by atoms with Crippen LogP contribution in [0.3, 0.4) is 0 Å². The number of nitrogens with one attached hydrogen (secondary N) is 1. The number of rotatable bonds is 7. The van der Waals surface area contributed by atoms with Crippen LogP contribution in [-0.4, -0.2) is 37.4 Å². The predicted octanol–water partition coefficient (Wildman–Crippen LogP) is 2.28. The largest absolute Gasteiger partial charge is 0.497 e. The lowest BCUT2D eigenvalue weighted by Crippen LogP contribution is -2.15. The van der Waals surface area contributed by atoms with Crippen molar-refractivity contribution in [1.29, 1.82) is 0 Å². The molecular weight excluding hydrogens is 375 g/mol. The molecule has 0 aliphatic heterocycles. The first-order valence-electron chi connectivity index (χ1n) is 7.80. The molecule has 1 N–H and O–H groups in total. The molecule has 0 saturated carbocycles. The summed E-state index contributed by atoms with van der Waals surface area (Å²) in [6, 6.07) is 10.3. The van der Waals surface area contributed by atoms with Gasteiger partial charge in [-0.25, -0.2) is 22.2 Å². The molecule has 0 atom stereocenters. The molecule has 0 unspecified atom stereocenters. The zero-order valence-corrected chi connectivity index (χ0v) is 15.4. The van der Waals surface area contributed by atoms with Crippen molar-refractivity contribution in [1.82, 2.24) is 14.8 Å². The first kappa shape index (κ1) is 18.6. The lowest BCUT2D eigenvalue weighted by Gasteiger charge is -2.11. The maximum atomic E-state index is 13.0. The minimum Gasteiger partial charge on any atom is -0.497 e. The molecular formula is C17H17FN4O4S. The molecule has 27 heavy (non-hydrogen) atoms. The molecule has 0 aliphatic rings. The number of halogens is 1. The highest BCUT2D eigenvalue weighted by Crippen LogP contribution is 2.29. The number of anilines is 1. The third kappa shape index (κ3) is 4.34. The number of benzene rings is 2. The third-order valence-electron chi connectivity index (χ3n) is 3.68. The molecule has 1 aromatic heterocycles. The second kappa shape index (κ2) is 7.62. The van der Waals surface area contributed by atoms with Crippen molar-refractivity contribution < 1.29 is 22.3 Å². The van der Waals surface area contributed by atoms with Crippen LogP contribution in [0, 0.1) is 5.82 Å². The van der Waals surface area contributed by atoms with Gasteiger partial charge in [-0.15, -0.1) is 5.10 Å². The van der Waals surface area contributed by atoms with E-state index < -0.39 is 10.0 Å². The molecule has 0 aliphatic carbocycles. The molecule has 0 saturated heterocycles. The Morgan fingerprint density at radius 1 is 1.11 bits per heavy atom. The molecule has 2 aromatic carbocycles. The van der Waals surface area contributed by atoms with E-state index in [4.69, 9.17) is 9.47 Å². The molecule has 0 bridgehead atoms. The molecule has 0 fully saturated rings. The molecule has 142 valence electrons. The molecule has 0 amide bonds. The summed E-state index contributed by atoms with van der Waals surface area (Å²) in [6.45, 7) is 0.317. The number of hydrogen-bond donors (Lipinski definition) is 1. The number of hydrogen-bond acceptors (Lipinski definition) is 6. The van der Waals surface area contributed by atoms with Gasteiger partial charge in [0.15, 0.2) is 0 Å². The third-order valence-corrected chi connectivity index (χ3v) is 5.03. The molecule has 3 aromatic rings. The summed E-state index contributed by atoms with van der Waals surface area (Å²) in [7, 11) is -1.19. The van der Waals surface area contributed by atoms with Gasteiger partial charge in [0.2, 0.25) is 0 Å². The van der Waals surface area contributed by atoms with Gasteiger partial charge in [-0.1, -0.05) is 12.1 Å². The smallest absolute Gasteiger partial charge is 0.268 e. The van der Waals surface area contributed by atoms with Crippen molar-refractivity contribution >= 4 is 16.0 Å². The monoisotopic (exact) mass is 392 g/mol. The van der Waals surface area contributed by atoms with Crippen molar-refractivity contribution in [3.05, 3.63) is 60.2 Å². The van der Waals surface area contributed by atoms with Gasteiger partial charge in [-0.3, -0.25) is 0 Å². The van der Waals surface area contributed by atoms with E-state index in [0.29, 0.717) is 12.3 Å². The Balaban J connectivity index is 1.81. The van der Waals surface area contributed by atoms with Crippen molar-refractivity contribution in [3.63, 3.8) is 0 Å². The fourth-order valence-corrected chi connectivity index (χ4v) is 3.50. The number of aromatic nitrogens is 3. The van der Waals surface area contributed by atoms with Gasteiger partial charge in [-0.05, 0) is 29.8 Å². The van der Waals surface area contributed by atoms with E-state index in [1.807, 2.05) is 0 Å². The van der Waals surface area contributed by atoms with Gasteiger partial charge >= 0.3 is 0 Å². The second-order valence-corrected chi connectivity index (χ2v) is 7.17. The van der Waals surface area contributed by atoms with Crippen LogP contribution in [0.5, 0.6) is 11.5 Å². The quantitative estimate of drug-likeness (QED) is 0.663. The Morgan fingerprint density at radius 2 is 1.85 bits per heavy atom. The number of nitrogens with zero attached hydrogens (tertiary/aromatic N) is 3. The minimum atomic E-state index is -4.00. The predicted molar refractivity (Wildman–Crippen MR) is 95.9 cm³/mol. The van der Waals surface area contributed by atoms with Gasteiger partial charge in [0.05, 0.1) is 20.8 Å². The zero-order valence-electron chi connectivity index (χ0n) is 14.6. The maximum Gasteiger partial charge on any atom is 0.268 e. The van der Waals surface area contributed by atoms with Crippen LogP contribution in [0.25, 0.3) is 0 Å². The van der Waals surface area contributed by atoms with Crippen LogP contribution in [0.1, 0.15) is 5.56 Å². The fraction of sp³-hybridized carbons (Fsp3) is 0.176. The highest BCUT2D eigenvalue weighted by molar-refractivity contribution is 7.92. The van der Waals surface area contributed by atoms with Crippen molar-refractivity contribution in [3.8, 4) is 11.5 Å². The Kier molecular flexibility index (Phi) is 5.26. The van der Waals surface area contributed by atoms with Crippen molar-refractivity contribution in [2.75, 3.05) is 18.9 Å². The van der Waals surface area contributed by atoms with Crippen molar-refractivity contribution in [2.24, 2.45) is 0 Å². The van der Waals surface area contributed by atoms with Crippen LogP contribution in [-0.2, 0) is 16.6 Å². The Labute approximate surface area is 155 Å². The molecule has 10 heteroatoms. The van der Waals surface area contributed by atoms with E-state index in [9.17, 15) is 12.8 Å². The van der Waals surface area contributed by atoms with Crippen molar-refractivity contribution in [2.45, 2.75) is 11.4 Å². The van der Waals surface area contributed by atoms with Crippen LogP contribution in [0.4, 0.5) is 10.3 Å². The summed E-state index contributed by atoms with van der Waals surface area (Å²) in [5.41, 5.74) is 0.796. The summed E-state index contributed by atoms with van der Waals surface area (Å²) >= 11 is 0. The highest BCUT2D eigenvalue weighted by Gasteiger charge is 2.22. The average molecular weight is 392 g/mol. The number of sulfonamides is 1. The normalized spacial score (nSPS) is 11.2. The molecule has 0 radical (unpaired) electrons. The molecule has 0 spiro atoms. The van der Waals surface area contributed by atoms with Gasteiger partial charge in [-0.2, -0.15) is 4.98 Å². The SMILES string of the molecule is COc1ccc(OC)c(S(=O)(=O)Nc2ncn(Cc3ccc(F)cc3)n2)c1. The Bertz CT molecular complexity index is 1040. The molecule has 3 rings (SSSR count). The topological polar surface area (TPSA) is 95.3 Å². The van der Waals surface area contributed by atoms with E-state index in [2.05, 4.69) is 14.8 Å². The summed E-state index contributed by atoms with van der Waals surface area (Å²) in [5.74, 6) is 0.0972. The van der Waals surface area contributed by atoms with Gasteiger partial charge < -0.3 is 9.47 Å². The van der Waals surface area contributed by atoms with Gasteiger partial charge in [0, 0.05) is 6.07 Å². The first-order valence-corrected chi connectivity index (χ1v) is 9.28. The van der Waals surface area contributed by atoms with E-state index in [1.54, 1.807) is 18.2 Å². The summed E-state index contributed by atoms with van der Waals surface area (Å²) < 4.78 is 52.2. The van der Waals surface area contributed by atoms with Crippen LogP contribution in [0.15, 0.2) is 53.7 Å².